The van der Waals surface area contributed by atoms with Crippen molar-refractivity contribution in [3.8, 4) is 0 Å². The lowest BCUT2D eigenvalue weighted by atomic mass is 10.0. The van der Waals surface area contributed by atoms with Crippen LogP contribution in [0, 0.1) is 0 Å². The predicted molar refractivity (Wildman–Crippen MR) is 284 cm³/mol. The number of carbonyl (C=O) groups is 3. The lowest BCUT2D eigenvalue weighted by Gasteiger charge is -2.18. The summed E-state index contributed by atoms with van der Waals surface area (Å²) in [7, 11) is 0. The molecule has 6 heteroatoms. The summed E-state index contributed by atoms with van der Waals surface area (Å²) in [5, 5.41) is 0. The fraction of sp³-hybridized carbons (Fsp3) is 0.717. The van der Waals surface area contributed by atoms with E-state index < -0.39 is 6.10 Å². The van der Waals surface area contributed by atoms with Gasteiger partial charge in [0.15, 0.2) is 6.10 Å². The Morgan fingerprint density at radius 1 is 0.318 bits per heavy atom. The van der Waals surface area contributed by atoms with Crippen LogP contribution in [-0.4, -0.2) is 37.2 Å². The molecular weight excluding hydrogens is 817 g/mol. The van der Waals surface area contributed by atoms with Gasteiger partial charge in [-0.15, -0.1) is 0 Å². The van der Waals surface area contributed by atoms with Crippen LogP contribution in [0.15, 0.2) is 85.1 Å². The topological polar surface area (TPSA) is 78.9 Å². The Kier molecular flexibility index (Phi) is 51.4. The molecule has 0 rings (SSSR count). The highest BCUT2D eigenvalue weighted by molar-refractivity contribution is 5.71. The van der Waals surface area contributed by atoms with Crippen molar-refractivity contribution in [3.63, 3.8) is 0 Å². The summed E-state index contributed by atoms with van der Waals surface area (Å²) >= 11 is 0. The minimum atomic E-state index is -0.781. The van der Waals surface area contributed by atoms with E-state index in [0.717, 1.165) is 122 Å². The third kappa shape index (κ3) is 51.6. The number of esters is 3. The SMILES string of the molecule is CC/C=C\C/C=C\C/C=C\C/C=C\CCCCCCCCCCCCCCCCC(=O)OCC(COC(=O)CCCCCCCC)OC(=O)CCCCCCC/C=C\C/C=C\C/C=C\CC. The number of ether oxygens (including phenoxy) is 3. The number of hydrogen-bond acceptors (Lipinski definition) is 6. The van der Waals surface area contributed by atoms with E-state index in [9.17, 15) is 14.4 Å². The van der Waals surface area contributed by atoms with Crippen LogP contribution in [0.5, 0.6) is 0 Å². The predicted octanol–water partition coefficient (Wildman–Crippen LogP) is 18.4. The number of allylic oxidation sites excluding steroid dienone is 14. The van der Waals surface area contributed by atoms with E-state index in [0.29, 0.717) is 19.3 Å². The molecule has 0 radical (unpaired) electrons. The average Bonchev–Trinajstić information content (AvgIpc) is 3.31. The van der Waals surface area contributed by atoms with E-state index in [2.05, 4.69) is 106 Å². The van der Waals surface area contributed by atoms with E-state index in [4.69, 9.17) is 14.2 Å². The Labute approximate surface area is 407 Å². The maximum Gasteiger partial charge on any atom is 0.306 e. The summed E-state index contributed by atoms with van der Waals surface area (Å²) in [6.45, 7) is 6.34. The molecule has 1 unspecified atom stereocenters. The zero-order valence-electron chi connectivity index (χ0n) is 43.2. The van der Waals surface area contributed by atoms with Crippen LogP contribution in [0.4, 0.5) is 0 Å². The fourth-order valence-corrected chi connectivity index (χ4v) is 7.57. The molecule has 0 bridgehead atoms. The monoisotopic (exact) mass is 919 g/mol. The number of rotatable bonds is 49. The van der Waals surface area contributed by atoms with Crippen molar-refractivity contribution in [1.82, 2.24) is 0 Å². The van der Waals surface area contributed by atoms with E-state index >= 15 is 0 Å². The lowest BCUT2D eigenvalue weighted by Crippen LogP contribution is -2.30. The summed E-state index contributed by atoms with van der Waals surface area (Å²) in [6.07, 6.45) is 70.4. The standard InChI is InChI=1S/C60H102O6/c1-4-7-10-13-16-18-20-22-24-25-26-27-28-29-30-31-32-33-34-35-37-38-40-42-44-47-50-53-59(62)65-56-57(55-64-58(61)52-49-46-15-12-9-6-3)66-60(63)54-51-48-45-43-41-39-36-23-21-19-17-14-11-8-5-2/h7-8,10-11,16-19,22-24,26-27,36,57H,4-6,9,12-15,20-21,25,28-35,37-56H2,1-3H3/b10-7-,11-8-,18-16-,19-17-,24-22-,27-26-,36-23-. The Balaban J connectivity index is 4.10. The minimum absolute atomic E-state index is 0.0826. The van der Waals surface area contributed by atoms with Crippen molar-refractivity contribution in [3.05, 3.63) is 85.1 Å². The van der Waals surface area contributed by atoms with Crippen LogP contribution >= 0.6 is 0 Å². The molecule has 1 atom stereocenters. The molecule has 0 aliphatic carbocycles. The molecular formula is C60H102O6. The van der Waals surface area contributed by atoms with Gasteiger partial charge in [0.2, 0.25) is 0 Å². The zero-order valence-corrected chi connectivity index (χ0v) is 43.2. The number of unbranched alkanes of at least 4 members (excludes halogenated alkanes) is 24. The fourth-order valence-electron chi connectivity index (χ4n) is 7.57. The highest BCUT2D eigenvalue weighted by atomic mass is 16.6. The molecule has 0 fully saturated rings. The Bertz CT molecular complexity index is 1290. The first kappa shape index (κ1) is 62.6. The molecule has 66 heavy (non-hydrogen) atoms. The Hall–Kier alpha value is -3.41. The highest BCUT2D eigenvalue weighted by Gasteiger charge is 2.19. The van der Waals surface area contributed by atoms with Crippen molar-refractivity contribution in [1.29, 1.82) is 0 Å². The second-order valence-corrected chi connectivity index (χ2v) is 18.1. The number of carbonyl (C=O) groups excluding carboxylic acids is 3. The largest absolute Gasteiger partial charge is 0.462 e. The quantitative estimate of drug-likeness (QED) is 0.0262. The molecule has 0 aromatic rings. The average molecular weight is 919 g/mol. The Morgan fingerprint density at radius 2 is 0.591 bits per heavy atom. The first-order chi connectivity index (χ1) is 32.5. The molecule has 0 N–H and O–H groups in total. The van der Waals surface area contributed by atoms with Gasteiger partial charge in [0.05, 0.1) is 0 Å². The van der Waals surface area contributed by atoms with Gasteiger partial charge < -0.3 is 14.2 Å². The molecule has 0 aromatic carbocycles. The van der Waals surface area contributed by atoms with Gasteiger partial charge in [0.1, 0.15) is 13.2 Å². The minimum Gasteiger partial charge on any atom is -0.462 e. The van der Waals surface area contributed by atoms with Crippen molar-refractivity contribution in [2.75, 3.05) is 13.2 Å². The maximum atomic E-state index is 12.8. The van der Waals surface area contributed by atoms with E-state index in [-0.39, 0.29) is 31.1 Å². The van der Waals surface area contributed by atoms with Gasteiger partial charge in [0, 0.05) is 19.3 Å². The van der Waals surface area contributed by atoms with Crippen molar-refractivity contribution in [2.24, 2.45) is 0 Å². The van der Waals surface area contributed by atoms with Crippen molar-refractivity contribution < 1.29 is 28.6 Å². The summed E-state index contributed by atoms with van der Waals surface area (Å²) in [5.41, 5.74) is 0. The van der Waals surface area contributed by atoms with E-state index in [1.54, 1.807) is 0 Å². The first-order valence-electron chi connectivity index (χ1n) is 27.6. The van der Waals surface area contributed by atoms with E-state index in [1.807, 2.05) is 0 Å². The molecule has 0 aliphatic rings. The van der Waals surface area contributed by atoms with Crippen molar-refractivity contribution in [2.45, 2.75) is 264 Å². The van der Waals surface area contributed by atoms with E-state index in [1.165, 1.54) is 96.3 Å². The van der Waals surface area contributed by atoms with Gasteiger partial charge in [-0.1, -0.05) is 234 Å². The third-order valence-electron chi connectivity index (χ3n) is 11.6. The normalized spacial score (nSPS) is 12.7. The molecule has 6 nitrogen and oxygen atoms in total. The second kappa shape index (κ2) is 54.2. The van der Waals surface area contributed by atoms with Crippen LogP contribution in [0.25, 0.3) is 0 Å². The number of hydrogen-bond donors (Lipinski definition) is 0. The molecule has 0 aliphatic heterocycles. The molecule has 0 heterocycles. The molecule has 0 saturated carbocycles. The second-order valence-electron chi connectivity index (χ2n) is 18.1. The van der Waals surface area contributed by atoms with Gasteiger partial charge in [-0.2, -0.15) is 0 Å². The molecule has 0 aromatic heterocycles. The van der Waals surface area contributed by atoms with Crippen LogP contribution in [0.1, 0.15) is 258 Å². The van der Waals surface area contributed by atoms with Crippen LogP contribution in [0.3, 0.4) is 0 Å². The summed E-state index contributed by atoms with van der Waals surface area (Å²) in [4.78, 5) is 37.8. The van der Waals surface area contributed by atoms with Gasteiger partial charge in [-0.25, -0.2) is 0 Å². The molecule has 0 spiro atoms. The third-order valence-corrected chi connectivity index (χ3v) is 11.6. The Morgan fingerprint density at radius 3 is 0.924 bits per heavy atom. The van der Waals surface area contributed by atoms with Crippen molar-refractivity contribution >= 4 is 17.9 Å². The molecule has 378 valence electrons. The van der Waals surface area contributed by atoms with Crippen LogP contribution < -0.4 is 0 Å². The van der Waals surface area contributed by atoms with Gasteiger partial charge in [0.25, 0.3) is 0 Å². The first-order valence-corrected chi connectivity index (χ1v) is 27.6. The summed E-state index contributed by atoms with van der Waals surface area (Å²) in [5.74, 6) is -0.908. The lowest BCUT2D eigenvalue weighted by molar-refractivity contribution is -0.167. The van der Waals surface area contributed by atoms with Crippen LogP contribution in [-0.2, 0) is 28.6 Å². The smallest absolute Gasteiger partial charge is 0.306 e. The highest BCUT2D eigenvalue weighted by Crippen LogP contribution is 2.15. The summed E-state index contributed by atoms with van der Waals surface area (Å²) in [6, 6.07) is 0. The zero-order chi connectivity index (χ0) is 47.9. The maximum absolute atomic E-state index is 12.8. The van der Waals surface area contributed by atoms with Gasteiger partial charge in [-0.05, 0) is 89.9 Å². The van der Waals surface area contributed by atoms with Gasteiger partial charge >= 0.3 is 17.9 Å². The molecule has 0 amide bonds. The van der Waals surface area contributed by atoms with Gasteiger partial charge in [-0.3, -0.25) is 14.4 Å². The summed E-state index contributed by atoms with van der Waals surface area (Å²) < 4.78 is 16.7. The molecule has 0 saturated heterocycles. The van der Waals surface area contributed by atoms with Crippen LogP contribution in [0.2, 0.25) is 0 Å².